The molecule has 0 radical (unpaired) electrons. The van der Waals surface area contributed by atoms with Crippen LogP contribution < -0.4 is 5.46 Å². The molecule has 0 aliphatic heterocycles. The minimum atomic E-state index is -1.43. The maximum atomic E-state index is 8.61. The second kappa shape index (κ2) is 5.51. The molecular weight excluding hydrogens is 237 g/mol. The van der Waals surface area contributed by atoms with Gasteiger partial charge in [-0.05, 0) is 22.0 Å². The average molecular weight is 242 g/mol. The van der Waals surface area contributed by atoms with Gasteiger partial charge in [-0.15, -0.1) is 0 Å². The Hall–Kier alpha value is 0.875. The molecule has 0 atom stereocenters. The van der Waals surface area contributed by atoms with Crippen molar-refractivity contribution in [1.29, 1.82) is 0 Å². The maximum Gasteiger partial charge on any atom is 0.490 e. The van der Waals surface area contributed by atoms with Crippen molar-refractivity contribution in [2.24, 2.45) is 0 Å². The standard InChI is InChI=1S/C5H5BBrNO2.Ar/c7-5-2-1-4(3-8-5)6(9)10;/h1-3,9-10H;. The fourth-order valence-corrected chi connectivity index (χ4v) is 0.775. The molecule has 1 aromatic heterocycles. The summed E-state index contributed by atoms with van der Waals surface area (Å²) in [5.41, 5.74) is 0.392. The number of nitrogens with zero attached hydrogens (tertiary/aromatic N) is 1. The second-order valence-electron chi connectivity index (χ2n) is 1.79. The number of rotatable bonds is 1. The van der Waals surface area contributed by atoms with Crippen LogP contribution in [0, 0.1) is 37.7 Å². The zero-order valence-electron chi connectivity index (χ0n) is 5.38. The third-order valence-electron chi connectivity index (χ3n) is 1.05. The predicted molar refractivity (Wildman–Crippen MR) is 41.8 cm³/mol. The van der Waals surface area contributed by atoms with Crippen molar-refractivity contribution in [3.63, 3.8) is 0 Å². The Morgan fingerprint density at radius 2 is 2.00 bits per heavy atom. The molecule has 0 aliphatic rings. The maximum absolute atomic E-state index is 8.61. The summed E-state index contributed by atoms with van der Waals surface area (Å²) in [6.45, 7) is 0. The van der Waals surface area contributed by atoms with Crippen molar-refractivity contribution in [2.45, 2.75) is 0 Å². The van der Waals surface area contributed by atoms with Gasteiger partial charge in [0.05, 0.1) is 0 Å². The molecule has 0 aromatic carbocycles. The number of hydrogen-bond acceptors (Lipinski definition) is 3. The summed E-state index contributed by atoms with van der Waals surface area (Å²) in [5.74, 6) is 0. The van der Waals surface area contributed by atoms with Crippen molar-refractivity contribution in [1.82, 2.24) is 4.98 Å². The van der Waals surface area contributed by atoms with Gasteiger partial charge in [0.15, 0.2) is 0 Å². The van der Waals surface area contributed by atoms with Crippen molar-refractivity contribution >= 4 is 28.5 Å². The Morgan fingerprint density at radius 1 is 1.36 bits per heavy atom. The molecule has 1 heterocycles. The zero-order valence-corrected chi connectivity index (χ0v) is 7.68. The number of hydrogen-bond donors (Lipinski definition) is 2. The van der Waals surface area contributed by atoms with Crippen molar-refractivity contribution in [2.75, 3.05) is 0 Å². The van der Waals surface area contributed by atoms with Crippen LogP contribution in [0.1, 0.15) is 0 Å². The minimum absolute atomic E-state index is 0. The summed E-state index contributed by atoms with van der Waals surface area (Å²) in [5, 5.41) is 17.2. The topological polar surface area (TPSA) is 53.4 Å². The van der Waals surface area contributed by atoms with Gasteiger partial charge < -0.3 is 10.0 Å². The van der Waals surface area contributed by atoms with E-state index in [1.165, 1.54) is 6.20 Å². The Kier molecular flexibility index (Phi) is 5.95. The molecule has 0 unspecified atom stereocenters. The van der Waals surface area contributed by atoms with Gasteiger partial charge in [-0.25, -0.2) is 4.98 Å². The van der Waals surface area contributed by atoms with Crippen LogP contribution in [0.2, 0.25) is 0 Å². The van der Waals surface area contributed by atoms with E-state index in [1.807, 2.05) is 0 Å². The van der Waals surface area contributed by atoms with Gasteiger partial charge in [-0.1, -0.05) is 6.07 Å². The van der Waals surface area contributed by atoms with E-state index >= 15 is 0 Å². The Labute approximate surface area is 103 Å². The summed E-state index contributed by atoms with van der Waals surface area (Å²) in [4.78, 5) is 3.80. The first-order valence-corrected chi connectivity index (χ1v) is 3.47. The first-order chi connectivity index (χ1) is 4.70. The van der Waals surface area contributed by atoms with Crippen LogP contribution >= 0.6 is 15.9 Å². The van der Waals surface area contributed by atoms with Crippen molar-refractivity contribution < 1.29 is 47.8 Å². The van der Waals surface area contributed by atoms with Crippen molar-refractivity contribution in [3.8, 4) is 0 Å². The quantitative estimate of drug-likeness (QED) is 0.516. The van der Waals surface area contributed by atoms with Gasteiger partial charge in [-0.3, -0.25) is 0 Å². The summed E-state index contributed by atoms with van der Waals surface area (Å²) in [6, 6.07) is 3.23. The summed E-state index contributed by atoms with van der Waals surface area (Å²) in [6.07, 6.45) is 1.40. The largest absolute Gasteiger partial charge is 0.490 e. The van der Waals surface area contributed by atoms with Crippen LogP contribution in [0.25, 0.3) is 0 Å². The normalized spacial score (nSPS) is 8.64. The molecule has 0 saturated carbocycles. The molecule has 6 heteroatoms. The molecule has 0 fully saturated rings. The number of pyridine rings is 1. The molecule has 0 saturated heterocycles. The van der Waals surface area contributed by atoms with Gasteiger partial charge in [0.2, 0.25) is 0 Å². The van der Waals surface area contributed by atoms with E-state index in [4.69, 9.17) is 10.0 Å². The van der Waals surface area contributed by atoms with Gasteiger partial charge in [0, 0.05) is 49.4 Å². The molecule has 1 aromatic rings. The van der Waals surface area contributed by atoms with E-state index in [0.29, 0.717) is 10.1 Å². The van der Waals surface area contributed by atoms with Crippen LogP contribution in [0.3, 0.4) is 0 Å². The Bertz CT molecular complexity index is 218. The van der Waals surface area contributed by atoms with Gasteiger partial charge in [-0.2, -0.15) is 0 Å². The van der Waals surface area contributed by atoms with E-state index in [2.05, 4.69) is 20.9 Å². The zero-order chi connectivity index (χ0) is 7.56. The Balaban J connectivity index is 0.000001000. The van der Waals surface area contributed by atoms with Crippen molar-refractivity contribution in [3.05, 3.63) is 22.9 Å². The second-order valence-corrected chi connectivity index (χ2v) is 2.60. The third-order valence-corrected chi connectivity index (χ3v) is 1.52. The fraction of sp³-hybridized carbons (Fsp3) is 0. The summed E-state index contributed by atoms with van der Waals surface area (Å²) >= 11 is 3.12. The SMILES string of the molecule is OB(O)c1ccc(Br)nc1.[Ar]. The molecule has 0 spiro atoms. The number of aromatic nitrogens is 1. The average Bonchev–Trinajstić information content (AvgIpc) is 1.88. The molecule has 11 heavy (non-hydrogen) atoms. The van der Waals surface area contributed by atoms with Crippen LogP contribution in [0.5, 0.6) is 0 Å². The Morgan fingerprint density at radius 3 is 2.36 bits per heavy atom. The van der Waals surface area contributed by atoms with Crippen LogP contribution in [-0.2, 0) is 0 Å². The summed E-state index contributed by atoms with van der Waals surface area (Å²) in [7, 11) is -1.43. The molecular formula is C5H5ArBBrNO2. The van der Waals surface area contributed by atoms with Crippen LogP contribution in [0.4, 0.5) is 0 Å². The van der Waals surface area contributed by atoms with Gasteiger partial charge >= 0.3 is 7.12 Å². The van der Waals surface area contributed by atoms with Crippen LogP contribution in [0.15, 0.2) is 22.9 Å². The molecule has 3 nitrogen and oxygen atoms in total. The molecule has 60 valence electrons. The van der Waals surface area contributed by atoms with Crippen LogP contribution in [-0.4, -0.2) is 22.2 Å². The monoisotopic (exact) mass is 241 g/mol. The van der Waals surface area contributed by atoms with E-state index in [-0.39, 0.29) is 37.7 Å². The minimum Gasteiger partial charge on any atom is -0.423 e. The van der Waals surface area contributed by atoms with Gasteiger partial charge in [0.25, 0.3) is 0 Å². The van der Waals surface area contributed by atoms with E-state index in [0.717, 1.165) is 0 Å². The molecule has 0 aliphatic carbocycles. The van der Waals surface area contributed by atoms with E-state index < -0.39 is 7.12 Å². The van der Waals surface area contributed by atoms with E-state index in [1.54, 1.807) is 12.1 Å². The summed E-state index contributed by atoms with van der Waals surface area (Å²) < 4.78 is 0.678. The smallest absolute Gasteiger partial charge is 0.423 e. The molecule has 0 bridgehead atoms. The first kappa shape index (κ1) is 11.9. The van der Waals surface area contributed by atoms with Gasteiger partial charge in [0.1, 0.15) is 4.60 Å². The third kappa shape index (κ3) is 3.87. The first-order valence-electron chi connectivity index (χ1n) is 2.68. The molecule has 2 N–H and O–H groups in total. The molecule has 1 rings (SSSR count). The van der Waals surface area contributed by atoms with E-state index in [9.17, 15) is 0 Å². The molecule has 0 amide bonds. The fourth-order valence-electron chi connectivity index (χ4n) is 0.540. The number of halogens is 1. The predicted octanol–water partition coefficient (Wildman–Crippen LogP) is -0.476.